The van der Waals surface area contributed by atoms with E-state index >= 15 is 0 Å². The van der Waals surface area contributed by atoms with Crippen molar-refractivity contribution >= 4 is 5.91 Å². The van der Waals surface area contributed by atoms with Crippen molar-refractivity contribution in [2.75, 3.05) is 19.6 Å². The highest BCUT2D eigenvalue weighted by Gasteiger charge is 2.24. The average Bonchev–Trinajstić information content (AvgIpc) is 2.68. The summed E-state index contributed by atoms with van der Waals surface area (Å²) in [5.41, 5.74) is 5.11. The molecule has 1 amide bonds. The number of benzene rings is 2. The Morgan fingerprint density at radius 3 is 2.32 bits per heavy atom. The van der Waals surface area contributed by atoms with Crippen molar-refractivity contribution in [3.8, 4) is 5.75 Å². The van der Waals surface area contributed by atoms with Crippen molar-refractivity contribution in [3.05, 3.63) is 65.7 Å². The Balaban J connectivity index is 1.46. The quantitative estimate of drug-likeness (QED) is 0.821. The lowest BCUT2D eigenvalue weighted by atomic mass is 9.96. The summed E-state index contributed by atoms with van der Waals surface area (Å²) < 4.78 is 0. The maximum atomic E-state index is 12.2. The summed E-state index contributed by atoms with van der Waals surface area (Å²) in [5.74, 6) is 0.709. The third-order valence-corrected chi connectivity index (χ3v) is 4.85. The van der Waals surface area contributed by atoms with Crippen LogP contribution in [0, 0.1) is 5.92 Å². The fraction of sp³-hybridized carbons (Fsp3) is 0.381. The van der Waals surface area contributed by atoms with E-state index in [4.69, 9.17) is 4.84 Å². The Kier molecular flexibility index (Phi) is 6.07. The lowest BCUT2D eigenvalue weighted by Gasteiger charge is -2.29. The minimum Gasteiger partial charge on any atom is -0.380 e. The molecule has 2 aromatic rings. The van der Waals surface area contributed by atoms with Crippen LogP contribution in [0.25, 0.3) is 0 Å². The van der Waals surface area contributed by atoms with Crippen LogP contribution in [-0.2, 0) is 11.2 Å². The van der Waals surface area contributed by atoms with Crippen LogP contribution in [0.1, 0.15) is 30.9 Å². The van der Waals surface area contributed by atoms with Crippen molar-refractivity contribution in [1.29, 1.82) is 0 Å². The molecular weight excluding hydrogens is 312 g/mol. The van der Waals surface area contributed by atoms with Crippen LogP contribution in [0.3, 0.4) is 0 Å². The van der Waals surface area contributed by atoms with Gasteiger partial charge in [0, 0.05) is 5.92 Å². The number of hydrogen-bond acceptors (Lipinski definition) is 3. The van der Waals surface area contributed by atoms with Crippen LogP contribution < -0.4 is 10.3 Å². The first-order valence-corrected chi connectivity index (χ1v) is 9.06. The standard InChI is InChI=1S/C21H26N2O2/c1-2-23-14-12-19(13-15-23)21(24)22-25-20-10-8-18(9-11-20)16-17-6-4-3-5-7-17/h3-11,19H,2,12-16H2,1H3,(H,22,24). The highest BCUT2D eigenvalue weighted by Crippen LogP contribution is 2.18. The van der Waals surface area contributed by atoms with E-state index in [-0.39, 0.29) is 11.8 Å². The molecule has 4 heteroatoms. The molecule has 25 heavy (non-hydrogen) atoms. The Hall–Kier alpha value is -2.33. The van der Waals surface area contributed by atoms with Gasteiger partial charge in [0.25, 0.3) is 5.91 Å². The van der Waals surface area contributed by atoms with E-state index < -0.39 is 0 Å². The van der Waals surface area contributed by atoms with E-state index in [0.717, 1.165) is 38.9 Å². The van der Waals surface area contributed by atoms with E-state index in [2.05, 4.69) is 29.4 Å². The normalized spacial score (nSPS) is 15.7. The highest BCUT2D eigenvalue weighted by molar-refractivity contribution is 5.77. The molecule has 0 aromatic heterocycles. The van der Waals surface area contributed by atoms with Crippen molar-refractivity contribution in [2.24, 2.45) is 5.92 Å². The first kappa shape index (κ1) is 17.5. The van der Waals surface area contributed by atoms with E-state index in [9.17, 15) is 4.79 Å². The summed E-state index contributed by atoms with van der Waals surface area (Å²) in [6, 6.07) is 18.2. The maximum Gasteiger partial charge on any atom is 0.255 e. The fourth-order valence-electron chi connectivity index (χ4n) is 3.21. The van der Waals surface area contributed by atoms with Crippen LogP contribution in [0.5, 0.6) is 5.75 Å². The molecule has 1 fully saturated rings. The number of carbonyl (C=O) groups is 1. The molecule has 0 unspecified atom stereocenters. The SMILES string of the molecule is CCN1CCC(C(=O)NOc2ccc(Cc3ccccc3)cc2)CC1. The topological polar surface area (TPSA) is 41.6 Å². The molecule has 2 aromatic carbocycles. The molecule has 1 N–H and O–H groups in total. The van der Waals surface area contributed by atoms with E-state index in [1.165, 1.54) is 11.1 Å². The van der Waals surface area contributed by atoms with Gasteiger partial charge < -0.3 is 9.74 Å². The maximum absolute atomic E-state index is 12.2. The van der Waals surface area contributed by atoms with Gasteiger partial charge in [-0.1, -0.05) is 49.4 Å². The van der Waals surface area contributed by atoms with Crippen LogP contribution in [0.15, 0.2) is 54.6 Å². The molecule has 0 atom stereocenters. The van der Waals surface area contributed by atoms with E-state index in [1.807, 2.05) is 42.5 Å². The van der Waals surface area contributed by atoms with Gasteiger partial charge >= 0.3 is 0 Å². The summed E-state index contributed by atoms with van der Waals surface area (Å²) in [6.07, 6.45) is 2.70. The molecule has 0 radical (unpaired) electrons. The molecule has 3 rings (SSSR count). The monoisotopic (exact) mass is 338 g/mol. The summed E-state index contributed by atoms with van der Waals surface area (Å²) in [4.78, 5) is 20.1. The Bertz CT molecular complexity index is 662. The zero-order chi connectivity index (χ0) is 17.5. The molecule has 132 valence electrons. The van der Waals surface area contributed by atoms with Crippen LogP contribution in [-0.4, -0.2) is 30.4 Å². The Labute approximate surface area is 149 Å². The second-order valence-electron chi connectivity index (χ2n) is 6.58. The third kappa shape index (κ3) is 5.07. The lowest BCUT2D eigenvalue weighted by molar-refractivity contribution is -0.133. The van der Waals surface area contributed by atoms with Crippen LogP contribution >= 0.6 is 0 Å². The van der Waals surface area contributed by atoms with Crippen molar-refractivity contribution in [1.82, 2.24) is 10.4 Å². The van der Waals surface area contributed by atoms with Gasteiger partial charge in [0.1, 0.15) is 0 Å². The minimum atomic E-state index is -0.0101. The first-order valence-electron chi connectivity index (χ1n) is 9.06. The number of carbonyl (C=O) groups excluding carboxylic acids is 1. The number of hydrogen-bond donors (Lipinski definition) is 1. The Morgan fingerprint density at radius 1 is 1.04 bits per heavy atom. The number of nitrogens with zero attached hydrogens (tertiary/aromatic N) is 1. The second kappa shape index (κ2) is 8.67. The summed E-state index contributed by atoms with van der Waals surface area (Å²) in [6.45, 7) is 5.19. The molecule has 4 nitrogen and oxygen atoms in total. The highest BCUT2D eigenvalue weighted by atomic mass is 16.7. The molecule has 0 spiro atoms. The van der Waals surface area contributed by atoms with E-state index in [0.29, 0.717) is 5.75 Å². The van der Waals surface area contributed by atoms with Gasteiger partial charge in [-0.05, 0) is 62.2 Å². The summed E-state index contributed by atoms with van der Waals surface area (Å²) in [7, 11) is 0. The summed E-state index contributed by atoms with van der Waals surface area (Å²) in [5, 5.41) is 0. The first-order chi connectivity index (χ1) is 12.2. The van der Waals surface area contributed by atoms with Gasteiger partial charge in [-0.15, -0.1) is 0 Å². The molecule has 1 aliphatic rings. The molecular formula is C21H26N2O2. The van der Waals surface area contributed by atoms with Gasteiger partial charge in [-0.3, -0.25) is 4.79 Å². The average molecular weight is 338 g/mol. The number of nitrogens with one attached hydrogen (secondary N) is 1. The minimum absolute atomic E-state index is 0.0101. The predicted octanol–water partition coefficient (Wildman–Crippen LogP) is 3.42. The van der Waals surface area contributed by atoms with Crippen molar-refractivity contribution in [3.63, 3.8) is 0 Å². The largest absolute Gasteiger partial charge is 0.380 e. The zero-order valence-electron chi connectivity index (χ0n) is 14.8. The molecule has 1 saturated heterocycles. The third-order valence-electron chi connectivity index (χ3n) is 4.85. The number of likely N-dealkylation sites (tertiary alicyclic amines) is 1. The number of amides is 1. The van der Waals surface area contributed by atoms with Gasteiger partial charge in [0.05, 0.1) is 0 Å². The Morgan fingerprint density at radius 2 is 1.68 bits per heavy atom. The second-order valence-corrected chi connectivity index (χ2v) is 6.58. The zero-order valence-corrected chi connectivity index (χ0v) is 14.8. The van der Waals surface area contributed by atoms with Crippen LogP contribution in [0.2, 0.25) is 0 Å². The van der Waals surface area contributed by atoms with Gasteiger partial charge in [0.15, 0.2) is 5.75 Å². The molecule has 1 aliphatic heterocycles. The number of rotatable bonds is 6. The molecule has 0 bridgehead atoms. The lowest BCUT2D eigenvalue weighted by Crippen LogP contribution is -2.41. The van der Waals surface area contributed by atoms with Gasteiger partial charge in [-0.2, -0.15) is 5.48 Å². The van der Waals surface area contributed by atoms with Gasteiger partial charge in [0.2, 0.25) is 0 Å². The van der Waals surface area contributed by atoms with E-state index in [1.54, 1.807) is 0 Å². The molecule has 0 saturated carbocycles. The van der Waals surface area contributed by atoms with Crippen molar-refractivity contribution < 1.29 is 9.63 Å². The predicted molar refractivity (Wildman–Crippen MR) is 99.3 cm³/mol. The molecule has 0 aliphatic carbocycles. The van der Waals surface area contributed by atoms with Crippen LogP contribution in [0.4, 0.5) is 0 Å². The molecule has 1 heterocycles. The fourth-order valence-corrected chi connectivity index (χ4v) is 3.21. The smallest absolute Gasteiger partial charge is 0.255 e. The number of piperidine rings is 1. The van der Waals surface area contributed by atoms with Gasteiger partial charge in [-0.25, -0.2) is 0 Å². The number of hydroxylamine groups is 1. The summed E-state index contributed by atoms with van der Waals surface area (Å²) >= 11 is 0. The van der Waals surface area contributed by atoms with Crippen molar-refractivity contribution in [2.45, 2.75) is 26.2 Å².